The van der Waals surface area contributed by atoms with Crippen molar-refractivity contribution in [1.29, 1.82) is 0 Å². The topological polar surface area (TPSA) is 139 Å². The number of nitrogens with zero attached hydrogens (tertiary/aromatic N) is 2. The van der Waals surface area contributed by atoms with Crippen molar-refractivity contribution in [2.24, 2.45) is 0 Å². The summed E-state index contributed by atoms with van der Waals surface area (Å²) in [6, 6.07) is 0. The molecule has 2 fully saturated rings. The Kier molecular flexibility index (Phi) is 9.83. The molecule has 0 atom stereocenters. The summed E-state index contributed by atoms with van der Waals surface area (Å²) in [6.45, 7) is 4.60. The standard InChI is InChI=1S/C21H29N3O8/c1-15(7-4-5-9-21(30)32-24-18(27)12-13-19(24)28)22-14-6-2-3-8-20(29)31-23-16(25)10-11-17(23)26/h22H,1-14H2. The Labute approximate surface area is 186 Å². The summed E-state index contributed by atoms with van der Waals surface area (Å²) < 4.78 is 0. The van der Waals surface area contributed by atoms with Crippen LogP contribution in [-0.4, -0.2) is 52.2 Å². The molecule has 0 bridgehead atoms. The molecule has 11 heteroatoms. The Morgan fingerprint density at radius 3 is 1.56 bits per heavy atom. The quantitative estimate of drug-likeness (QED) is 0.307. The van der Waals surface area contributed by atoms with Crippen LogP contribution in [-0.2, 0) is 38.4 Å². The zero-order valence-electron chi connectivity index (χ0n) is 18.1. The Morgan fingerprint density at radius 1 is 0.688 bits per heavy atom. The van der Waals surface area contributed by atoms with Gasteiger partial charge in [-0.1, -0.05) is 13.0 Å². The first-order valence-electron chi connectivity index (χ1n) is 10.8. The molecule has 32 heavy (non-hydrogen) atoms. The number of hydrogen-bond acceptors (Lipinski definition) is 9. The molecule has 0 saturated carbocycles. The van der Waals surface area contributed by atoms with Gasteiger partial charge in [-0.3, -0.25) is 19.2 Å². The van der Waals surface area contributed by atoms with E-state index < -0.39 is 35.6 Å². The van der Waals surface area contributed by atoms with Crippen LogP contribution in [0, 0.1) is 0 Å². The maximum Gasteiger partial charge on any atom is 0.333 e. The van der Waals surface area contributed by atoms with E-state index in [0.717, 1.165) is 18.5 Å². The van der Waals surface area contributed by atoms with Gasteiger partial charge in [-0.2, -0.15) is 0 Å². The molecule has 0 aliphatic carbocycles. The van der Waals surface area contributed by atoms with E-state index in [-0.39, 0.29) is 38.5 Å². The second-order valence-corrected chi connectivity index (χ2v) is 7.64. The first kappa shape index (κ1) is 25.0. The van der Waals surface area contributed by atoms with Crippen LogP contribution < -0.4 is 5.32 Å². The molecule has 0 aromatic rings. The lowest BCUT2D eigenvalue weighted by Gasteiger charge is -2.13. The van der Waals surface area contributed by atoms with Crippen LogP contribution in [0.15, 0.2) is 12.3 Å². The fourth-order valence-electron chi connectivity index (χ4n) is 3.14. The minimum Gasteiger partial charge on any atom is -0.389 e. The average molecular weight is 451 g/mol. The SMILES string of the molecule is C=C(CCCCC(=O)ON1C(=O)CCC1=O)NCCCCCC(=O)ON1C(=O)CCC1=O. The summed E-state index contributed by atoms with van der Waals surface area (Å²) in [5.41, 5.74) is 0.828. The predicted molar refractivity (Wildman–Crippen MR) is 108 cm³/mol. The molecule has 2 rings (SSSR count). The Morgan fingerprint density at radius 2 is 1.09 bits per heavy atom. The summed E-state index contributed by atoms with van der Waals surface area (Å²) in [7, 11) is 0. The van der Waals surface area contributed by atoms with Crippen LogP contribution in [0.2, 0.25) is 0 Å². The molecular formula is C21H29N3O8. The average Bonchev–Trinajstić information content (AvgIpc) is 3.24. The number of carbonyl (C=O) groups is 6. The zero-order valence-corrected chi connectivity index (χ0v) is 18.1. The van der Waals surface area contributed by atoms with Crippen molar-refractivity contribution in [2.45, 2.75) is 77.0 Å². The van der Waals surface area contributed by atoms with Crippen LogP contribution in [0.5, 0.6) is 0 Å². The third-order valence-corrected chi connectivity index (χ3v) is 4.94. The molecule has 0 aromatic heterocycles. The van der Waals surface area contributed by atoms with E-state index in [1.165, 1.54) is 0 Å². The lowest BCUT2D eigenvalue weighted by molar-refractivity contribution is -0.197. The van der Waals surface area contributed by atoms with Gasteiger partial charge in [-0.25, -0.2) is 9.59 Å². The maximum absolute atomic E-state index is 11.7. The van der Waals surface area contributed by atoms with Gasteiger partial charge < -0.3 is 15.0 Å². The number of rotatable bonds is 14. The molecule has 4 amide bonds. The van der Waals surface area contributed by atoms with Gasteiger partial charge in [0.2, 0.25) is 0 Å². The van der Waals surface area contributed by atoms with E-state index in [1.807, 2.05) is 0 Å². The van der Waals surface area contributed by atoms with Gasteiger partial charge in [0.25, 0.3) is 23.6 Å². The van der Waals surface area contributed by atoms with Crippen molar-refractivity contribution in [2.75, 3.05) is 6.54 Å². The molecule has 2 heterocycles. The van der Waals surface area contributed by atoms with Crippen LogP contribution >= 0.6 is 0 Å². The molecule has 2 saturated heterocycles. The number of amides is 4. The highest BCUT2D eigenvalue weighted by atomic mass is 16.7. The Balaban J connectivity index is 1.43. The third-order valence-electron chi connectivity index (χ3n) is 4.94. The van der Waals surface area contributed by atoms with Crippen LogP contribution in [0.3, 0.4) is 0 Å². The molecule has 0 spiro atoms. The van der Waals surface area contributed by atoms with E-state index in [0.29, 0.717) is 42.4 Å². The van der Waals surface area contributed by atoms with Gasteiger partial charge >= 0.3 is 11.9 Å². The number of nitrogens with one attached hydrogen (secondary N) is 1. The van der Waals surface area contributed by atoms with E-state index in [4.69, 9.17) is 9.68 Å². The smallest absolute Gasteiger partial charge is 0.333 e. The largest absolute Gasteiger partial charge is 0.389 e. The van der Waals surface area contributed by atoms with Crippen LogP contribution in [0.1, 0.15) is 77.0 Å². The predicted octanol–water partition coefficient (Wildman–Crippen LogP) is 1.42. The van der Waals surface area contributed by atoms with E-state index in [9.17, 15) is 28.8 Å². The van der Waals surface area contributed by atoms with Crippen LogP contribution in [0.25, 0.3) is 0 Å². The molecule has 2 aliphatic heterocycles. The Bertz CT molecular complexity index is 747. The van der Waals surface area contributed by atoms with Gasteiger partial charge in [0.1, 0.15) is 0 Å². The second-order valence-electron chi connectivity index (χ2n) is 7.64. The highest BCUT2D eigenvalue weighted by Gasteiger charge is 2.33. The first-order chi connectivity index (χ1) is 15.3. The van der Waals surface area contributed by atoms with Crippen molar-refractivity contribution < 1.29 is 38.4 Å². The fraction of sp³-hybridized carbons (Fsp3) is 0.619. The lowest BCUT2D eigenvalue weighted by Crippen LogP contribution is -2.31. The Hall–Kier alpha value is -3.24. The second kappa shape index (κ2) is 12.6. The van der Waals surface area contributed by atoms with Gasteiger partial charge in [0, 0.05) is 50.8 Å². The van der Waals surface area contributed by atoms with E-state index >= 15 is 0 Å². The number of hydrogen-bond donors (Lipinski definition) is 1. The van der Waals surface area contributed by atoms with E-state index in [2.05, 4.69) is 11.9 Å². The molecule has 0 aromatic carbocycles. The van der Waals surface area contributed by atoms with Crippen molar-refractivity contribution in [3.63, 3.8) is 0 Å². The minimum absolute atomic E-state index is 0.0717. The summed E-state index contributed by atoms with van der Waals surface area (Å²) in [4.78, 5) is 78.5. The fourth-order valence-corrected chi connectivity index (χ4v) is 3.14. The normalized spacial score (nSPS) is 16.0. The van der Waals surface area contributed by atoms with Gasteiger partial charge in [0.15, 0.2) is 0 Å². The molecule has 11 nitrogen and oxygen atoms in total. The number of carbonyl (C=O) groups excluding carboxylic acids is 6. The molecule has 1 N–H and O–H groups in total. The number of unbranched alkanes of at least 4 members (excludes halogenated alkanes) is 3. The lowest BCUT2D eigenvalue weighted by atomic mass is 10.1. The number of imide groups is 2. The minimum atomic E-state index is -0.607. The first-order valence-corrected chi connectivity index (χ1v) is 10.8. The van der Waals surface area contributed by atoms with E-state index in [1.54, 1.807) is 0 Å². The van der Waals surface area contributed by atoms with Gasteiger partial charge in [0.05, 0.1) is 0 Å². The van der Waals surface area contributed by atoms with Gasteiger partial charge in [-0.15, -0.1) is 10.1 Å². The van der Waals surface area contributed by atoms with Crippen molar-refractivity contribution in [3.05, 3.63) is 12.3 Å². The zero-order chi connectivity index (χ0) is 23.5. The molecule has 2 aliphatic rings. The number of allylic oxidation sites excluding steroid dienone is 1. The molecular weight excluding hydrogens is 422 g/mol. The molecule has 0 radical (unpaired) electrons. The number of hydroxylamine groups is 4. The molecule has 0 unspecified atom stereocenters. The summed E-state index contributed by atoms with van der Waals surface area (Å²) in [5, 5.41) is 4.28. The maximum atomic E-state index is 11.7. The van der Waals surface area contributed by atoms with Crippen molar-refractivity contribution >= 4 is 35.6 Å². The van der Waals surface area contributed by atoms with Crippen molar-refractivity contribution in [3.8, 4) is 0 Å². The third kappa shape index (κ3) is 8.12. The summed E-state index contributed by atoms with van der Waals surface area (Å²) in [6.07, 6.45) is 4.57. The van der Waals surface area contributed by atoms with Crippen molar-refractivity contribution in [1.82, 2.24) is 15.4 Å². The summed E-state index contributed by atoms with van der Waals surface area (Å²) in [5.74, 6) is -3.16. The summed E-state index contributed by atoms with van der Waals surface area (Å²) >= 11 is 0. The monoisotopic (exact) mass is 451 g/mol. The highest BCUT2D eigenvalue weighted by molar-refractivity contribution is 6.02. The molecule has 176 valence electrons. The highest BCUT2D eigenvalue weighted by Crippen LogP contribution is 2.15. The van der Waals surface area contributed by atoms with Gasteiger partial charge in [-0.05, 0) is 32.1 Å². The van der Waals surface area contributed by atoms with Crippen LogP contribution in [0.4, 0.5) is 0 Å².